The van der Waals surface area contributed by atoms with E-state index in [-0.39, 0.29) is 64.5 Å². The number of H-pyrrole nitrogens is 1. The van der Waals surface area contributed by atoms with Gasteiger partial charge >= 0.3 is 10.8 Å². The predicted octanol–water partition coefficient (Wildman–Crippen LogP) is 1.98. The molecule has 8 nitrogen and oxygen atoms in total. The zero-order chi connectivity index (χ0) is 20.7. The van der Waals surface area contributed by atoms with Crippen LogP contribution in [-0.2, 0) is 14.4 Å². The molecule has 3 fully saturated rings. The van der Waals surface area contributed by atoms with E-state index in [4.69, 9.17) is 9.52 Å². The van der Waals surface area contributed by atoms with Crippen LogP contribution in [0.3, 0.4) is 0 Å². The second kappa shape index (κ2) is 6.34. The lowest BCUT2D eigenvalue weighted by Gasteiger charge is -2.42. The van der Waals surface area contributed by atoms with Crippen LogP contribution in [0.5, 0.6) is 0 Å². The Morgan fingerprint density at radius 2 is 2.00 bits per heavy atom. The van der Waals surface area contributed by atoms with Gasteiger partial charge in [-0.15, -0.1) is 11.8 Å². The summed E-state index contributed by atoms with van der Waals surface area (Å²) in [5.74, 6) is -1.43. The van der Waals surface area contributed by atoms with Crippen LogP contribution in [0.25, 0.3) is 0 Å². The normalized spacial score (nSPS) is 36.1. The molecule has 0 spiro atoms. The highest BCUT2D eigenvalue weighted by molar-refractivity contribution is 8.00. The van der Waals surface area contributed by atoms with Gasteiger partial charge in [-0.1, -0.05) is 11.3 Å². The fraction of sp³-hybridized carbons (Fsp3) is 0.500. The predicted molar refractivity (Wildman–Crippen MR) is 106 cm³/mol. The summed E-state index contributed by atoms with van der Waals surface area (Å²) >= 11 is 2.81. The monoisotopic (exact) mass is 446 g/mol. The molecule has 30 heavy (non-hydrogen) atoms. The Labute approximate surface area is 178 Å². The molecule has 0 aromatic carbocycles. The topological polar surface area (TPSA) is 121 Å². The van der Waals surface area contributed by atoms with Crippen molar-refractivity contribution in [2.75, 3.05) is 6.54 Å². The van der Waals surface area contributed by atoms with E-state index < -0.39 is 11.9 Å². The summed E-state index contributed by atoms with van der Waals surface area (Å²) in [7, 11) is 0. The Kier molecular flexibility index (Phi) is 3.89. The molecule has 2 saturated carbocycles. The van der Waals surface area contributed by atoms with E-state index in [0.717, 1.165) is 22.1 Å². The highest BCUT2D eigenvalue weighted by Gasteiger charge is 2.69. The number of aromatic amines is 1. The second-order valence-electron chi connectivity index (χ2n) is 8.45. The van der Waals surface area contributed by atoms with Gasteiger partial charge in [-0.05, 0) is 36.3 Å². The van der Waals surface area contributed by atoms with Crippen LogP contribution >= 0.6 is 23.1 Å². The van der Waals surface area contributed by atoms with Gasteiger partial charge < -0.3 is 14.5 Å². The zero-order valence-corrected chi connectivity index (χ0v) is 17.3. The van der Waals surface area contributed by atoms with Crippen LogP contribution < -0.4 is 4.87 Å². The number of amides is 2. The number of nitrogens with zero attached hydrogens (tertiary/aromatic N) is 1. The molecule has 2 amide bonds. The lowest BCUT2D eigenvalue weighted by molar-refractivity contribution is -0.142. The molecule has 7 atom stereocenters. The van der Waals surface area contributed by atoms with Gasteiger partial charge in [0.15, 0.2) is 0 Å². The van der Waals surface area contributed by atoms with Gasteiger partial charge in [-0.3, -0.25) is 24.1 Å². The molecule has 6 rings (SSSR count). The number of furan rings is 1. The minimum Gasteiger partial charge on any atom is -0.481 e. The number of fused-ring (bicyclic) bond motifs is 9. The summed E-state index contributed by atoms with van der Waals surface area (Å²) in [6.45, 7) is -0.0653. The summed E-state index contributed by atoms with van der Waals surface area (Å²) < 4.78 is 5.75. The molecule has 2 aromatic heterocycles. The van der Waals surface area contributed by atoms with Crippen LogP contribution in [0.4, 0.5) is 0 Å². The number of carboxylic acids is 1. The first-order chi connectivity index (χ1) is 14.5. The number of thiazole rings is 1. The third-order valence-corrected chi connectivity index (χ3v) is 9.80. The number of carbonyl (C=O) groups is 3. The number of aliphatic carboxylic acids is 1. The van der Waals surface area contributed by atoms with Gasteiger partial charge in [-0.2, -0.15) is 0 Å². The van der Waals surface area contributed by atoms with Crippen molar-refractivity contribution < 1.29 is 23.9 Å². The minimum absolute atomic E-state index is 0.0178. The minimum atomic E-state index is -1.02. The quantitative estimate of drug-likeness (QED) is 0.689. The molecule has 1 saturated heterocycles. The number of hydrogen-bond donors (Lipinski definition) is 2. The zero-order valence-electron chi connectivity index (χ0n) is 15.6. The molecule has 2 aromatic rings. The number of imide groups is 1. The summed E-state index contributed by atoms with van der Waals surface area (Å²) in [5.41, 5.74) is 0. The van der Waals surface area contributed by atoms with Gasteiger partial charge in [0.05, 0.1) is 40.3 Å². The molecule has 4 heterocycles. The number of likely N-dealkylation sites (tertiary alicyclic amines) is 1. The molecular formula is C20H18N2O6S2. The molecule has 2 bridgehead atoms. The maximum Gasteiger partial charge on any atom is 0.305 e. The first-order valence-corrected chi connectivity index (χ1v) is 11.7. The maximum absolute atomic E-state index is 13.1. The Morgan fingerprint density at radius 1 is 1.23 bits per heavy atom. The van der Waals surface area contributed by atoms with Crippen LogP contribution in [0.15, 0.2) is 32.6 Å². The van der Waals surface area contributed by atoms with Crippen LogP contribution in [-0.4, -0.2) is 44.6 Å². The standard InChI is InChI=1S/C20H18N2O6S2/c23-10(24)3-4-22-18(25)12-7-6-8(13(12)19(22)26)15-11(7)14(9-2-1-5-28-9)16-17(29-15)21-20(27)30-16/h1-2,5,7-8,11-15H,3-4,6H2,(H,21,27)(H,23,24)/t7?,8?,11?,12?,13?,14-,15?/m1/s1. The van der Waals surface area contributed by atoms with E-state index in [1.807, 2.05) is 12.1 Å². The van der Waals surface area contributed by atoms with Gasteiger partial charge in [0, 0.05) is 11.8 Å². The van der Waals surface area contributed by atoms with Crippen LogP contribution in [0.2, 0.25) is 0 Å². The fourth-order valence-corrected chi connectivity index (χ4v) is 9.16. The summed E-state index contributed by atoms with van der Waals surface area (Å²) in [5, 5.41) is 9.94. The number of carboxylic acid groups (broad SMARTS) is 1. The van der Waals surface area contributed by atoms with Crippen LogP contribution in [0.1, 0.15) is 29.4 Å². The summed E-state index contributed by atoms with van der Waals surface area (Å²) in [4.78, 5) is 54.2. The second-order valence-corrected chi connectivity index (χ2v) is 10.7. The molecule has 4 aliphatic rings. The molecule has 6 unspecified atom stereocenters. The van der Waals surface area contributed by atoms with Crippen LogP contribution in [0, 0.1) is 29.6 Å². The van der Waals surface area contributed by atoms with Gasteiger partial charge in [0.2, 0.25) is 11.8 Å². The Balaban J connectivity index is 1.40. The van der Waals surface area contributed by atoms with Crippen molar-refractivity contribution >= 4 is 40.9 Å². The lowest BCUT2D eigenvalue weighted by atomic mass is 9.69. The van der Waals surface area contributed by atoms with E-state index in [2.05, 4.69) is 4.98 Å². The molecule has 10 heteroatoms. The number of rotatable bonds is 4. The first-order valence-electron chi connectivity index (χ1n) is 9.95. The molecule has 0 radical (unpaired) electrons. The lowest BCUT2D eigenvalue weighted by Crippen LogP contribution is -2.42. The molecule has 2 aliphatic carbocycles. The van der Waals surface area contributed by atoms with Crippen molar-refractivity contribution in [3.63, 3.8) is 0 Å². The molecule has 2 aliphatic heterocycles. The summed E-state index contributed by atoms with van der Waals surface area (Å²) in [6, 6.07) is 3.74. The highest BCUT2D eigenvalue weighted by atomic mass is 32.2. The van der Waals surface area contributed by atoms with E-state index in [1.165, 1.54) is 16.2 Å². The number of aromatic nitrogens is 1. The first kappa shape index (κ1) is 18.4. The van der Waals surface area contributed by atoms with Crippen molar-refractivity contribution in [1.82, 2.24) is 9.88 Å². The summed E-state index contributed by atoms with van der Waals surface area (Å²) in [6.07, 6.45) is 2.19. The third-order valence-electron chi connectivity index (χ3n) is 7.21. The van der Waals surface area contributed by atoms with E-state index in [9.17, 15) is 19.2 Å². The maximum atomic E-state index is 13.1. The highest BCUT2D eigenvalue weighted by Crippen LogP contribution is 2.68. The Bertz CT molecular complexity index is 1120. The van der Waals surface area contributed by atoms with Gasteiger partial charge in [0.25, 0.3) is 0 Å². The van der Waals surface area contributed by atoms with E-state index >= 15 is 0 Å². The molecular weight excluding hydrogens is 428 g/mol. The number of nitrogens with one attached hydrogen (secondary N) is 1. The average molecular weight is 447 g/mol. The van der Waals surface area contributed by atoms with E-state index in [1.54, 1.807) is 18.0 Å². The number of carbonyl (C=O) groups excluding carboxylic acids is 2. The SMILES string of the molecule is O=C(O)CCN1C(=O)C2C3CC(C2C1=O)C1C3Sc2[nH]c(=O)sc2[C@@H]1c1ccco1. The Morgan fingerprint density at radius 3 is 2.70 bits per heavy atom. The van der Waals surface area contributed by atoms with Crippen molar-refractivity contribution in [1.29, 1.82) is 0 Å². The number of hydrogen-bond acceptors (Lipinski definition) is 7. The number of thioether (sulfide) groups is 1. The van der Waals surface area contributed by atoms with Crippen molar-refractivity contribution in [2.45, 2.75) is 29.0 Å². The average Bonchev–Trinajstić information content (AvgIpc) is 3.48. The van der Waals surface area contributed by atoms with Crippen molar-refractivity contribution in [3.05, 3.63) is 38.7 Å². The molecule has 156 valence electrons. The Hall–Kier alpha value is -2.33. The largest absolute Gasteiger partial charge is 0.481 e. The van der Waals surface area contributed by atoms with E-state index in [0.29, 0.717) is 0 Å². The van der Waals surface area contributed by atoms with Crippen molar-refractivity contribution in [3.8, 4) is 0 Å². The fourth-order valence-electron chi connectivity index (χ4n) is 6.29. The molecule has 2 N–H and O–H groups in total. The smallest absolute Gasteiger partial charge is 0.305 e. The van der Waals surface area contributed by atoms with Gasteiger partial charge in [0.1, 0.15) is 5.76 Å². The third kappa shape index (κ3) is 2.34. The van der Waals surface area contributed by atoms with Crippen molar-refractivity contribution in [2.24, 2.45) is 29.6 Å². The van der Waals surface area contributed by atoms with Gasteiger partial charge in [-0.25, -0.2) is 0 Å².